The number of carbonyl (C=O) groups is 2. The molecule has 0 bridgehead atoms. The fraction of sp³-hybridized carbons (Fsp3) is 0.385. The van der Waals surface area contributed by atoms with E-state index in [1.165, 1.54) is 12.1 Å². The number of carbonyl (C=O) groups excluding carboxylic acids is 2. The molecular formula is C13H15BrFN3O2. The Hall–Kier alpha value is -1.47. The molecule has 20 heavy (non-hydrogen) atoms. The zero-order valence-corrected chi connectivity index (χ0v) is 12.5. The van der Waals surface area contributed by atoms with Crippen molar-refractivity contribution in [1.82, 2.24) is 10.2 Å². The molecule has 0 radical (unpaired) electrons. The van der Waals surface area contributed by atoms with Crippen molar-refractivity contribution in [3.63, 3.8) is 0 Å². The van der Waals surface area contributed by atoms with Gasteiger partial charge in [0.1, 0.15) is 11.9 Å². The first kappa shape index (κ1) is 14.9. The standard InChI is InChI=1S/C13H15BrFN3O2/c1-18-5-4-10(13(18)20)17-11(12(16)19)8-3-2-7(14)6-9(8)15/h2-3,6,10-11,17H,4-5H2,1H3,(H2,16,19)/t10-,11-/m1/s1. The van der Waals surface area contributed by atoms with Crippen LogP contribution in [0, 0.1) is 5.82 Å². The molecule has 2 amide bonds. The Morgan fingerprint density at radius 1 is 1.60 bits per heavy atom. The van der Waals surface area contributed by atoms with Crippen LogP contribution in [0.5, 0.6) is 0 Å². The molecule has 1 saturated heterocycles. The molecule has 2 rings (SSSR count). The monoisotopic (exact) mass is 343 g/mol. The van der Waals surface area contributed by atoms with Gasteiger partial charge < -0.3 is 10.6 Å². The second-order valence-electron chi connectivity index (χ2n) is 4.77. The Labute approximate surface area is 124 Å². The third kappa shape index (κ3) is 2.99. The molecule has 0 aromatic heterocycles. The van der Waals surface area contributed by atoms with Crippen LogP contribution in [0.15, 0.2) is 22.7 Å². The van der Waals surface area contributed by atoms with Gasteiger partial charge >= 0.3 is 0 Å². The highest BCUT2D eigenvalue weighted by Gasteiger charge is 2.33. The topological polar surface area (TPSA) is 75.4 Å². The van der Waals surface area contributed by atoms with Crippen LogP contribution in [0.4, 0.5) is 4.39 Å². The molecule has 5 nitrogen and oxygen atoms in total. The molecule has 2 atom stereocenters. The normalized spacial score (nSPS) is 20.2. The Morgan fingerprint density at radius 2 is 2.30 bits per heavy atom. The van der Waals surface area contributed by atoms with Crippen molar-refractivity contribution in [2.45, 2.75) is 18.5 Å². The molecule has 7 heteroatoms. The number of amides is 2. The van der Waals surface area contributed by atoms with Crippen LogP contribution in [0.1, 0.15) is 18.0 Å². The quantitative estimate of drug-likeness (QED) is 0.854. The van der Waals surface area contributed by atoms with Gasteiger partial charge in [-0.2, -0.15) is 0 Å². The van der Waals surface area contributed by atoms with Crippen molar-refractivity contribution in [2.75, 3.05) is 13.6 Å². The van der Waals surface area contributed by atoms with E-state index < -0.39 is 23.8 Å². The number of hydrogen-bond acceptors (Lipinski definition) is 3. The molecule has 0 aliphatic carbocycles. The van der Waals surface area contributed by atoms with Gasteiger partial charge in [0.15, 0.2) is 0 Å². The van der Waals surface area contributed by atoms with Crippen molar-refractivity contribution < 1.29 is 14.0 Å². The van der Waals surface area contributed by atoms with E-state index in [4.69, 9.17) is 5.73 Å². The van der Waals surface area contributed by atoms with Crippen LogP contribution >= 0.6 is 15.9 Å². The third-order valence-corrected chi connectivity index (χ3v) is 3.85. The number of benzene rings is 1. The molecule has 0 spiro atoms. The van der Waals surface area contributed by atoms with E-state index in [0.717, 1.165) is 0 Å². The summed E-state index contributed by atoms with van der Waals surface area (Å²) in [4.78, 5) is 25.0. The fourth-order valence-corrected chi connectivity index (χ4v) is 2.57. The molecular weight excluding hydrogens is 329 g/mol. The molecule has 0 unspecified atom stereocenters. The number of nitrogens with two attached hydrogens (primary N) is 1. The number of rotatable bonds is 4. The first-order chi connectivity index (χ1) is 9.40. The molecule has 3 N–H and O–H groups in total. The third-order valence-electron chi connectivity index (χ3n) is 3.35. The molecule has 0 saturated carbocycles. The number of nitrogens with zero attached hydrogens (tertiary/aromatic N) is 1. The number of likely N-dealkylation sites (N-methyl/N-ethyl adjacent to an activating group) is 1. The van der Waals surface area contributed by atoms with Crippen molar-refractivity contribution in [3.8, 4) is 0 Å². The minimum atomic E-state index is -1.02. The number of likely N-dealkylation sites (tertiary alicyclic amines) is 1. The SMILES string of the molecule is CN1CC[C@@H](N[C@@H](C(N)=O)c2ccc(Br)cc2F)C1=O. The van der Waals surface area contributed by atoms with Gasteiger partial charge in [-0.05, 0) is 18.6 Å². The summed E-state index contributed by atoms with van der Waals surface area (Å²) in [5.74, 6) is -1.38. The largest absolute Gasteiger partial charge is 0.368 e. The summed E-state index contributed by atoms with van der Waals surface area (Å²) in [5.41, 5.74) is 5.47. The lowest BCUT2D eigenvalue weighted by Gasteiger charge is -2.20. The molecule has 1 aliphatic rings. The molecule has 1 heterocycles. The minimum absolute atomic E-state index is 0.117. The maximum Gasteiger partial charge on any atom is 0.239 e. The molecule has 1 aliphatic heterocycles. The van der Waals surface area contributed by atoms with E-state index in [9.17, 15) is 14.0 Å². The minimum Gasteiger partial charge on any atom is -0.368 e. The Kier molecular flexibility index (Phi) is 4.39. The highest BCUT2D eigenvalue weighted by Crippen LogP contribution is 2.23. The zero-order valence-electron chi connectivity index (χ0n) is 10.9. The van der Waals surface area contributed by atoms with Crippen molar-refractivity contribution in [2.24, 2.45) is 5.73 Å². The van der Waals surface area contributed by atoms with E-state index in [1.54, 1.807) is 18.0 Å². The summed E-state index contributed by atoms with van der Waals surface area (Å²) in [6.45, 7) is 0.602. The number of halogens is 2. The van der Waals surface area contributed by atoms with Crippen molar-refractivity contribution in [1.29, 1.82) is 0 Å². The van der Waals surface area contributed by atoms with Gasteiger partial charge in [0.25, 0.3) is 0 Å². The van der Waals surface area contributed by atoms with Crippen LogP contribution in [-0.4, -0.2) is 36.3 Å². The fourth-order valence-electron chi connectivity index (χ4n) is 2.24. The van der Waals surface area contributed by atoms with Crippen LogP contribution in [0.2, 0.25) is 0 Å². The zero-order chi connectivity index (χ0) is 14.9. The lowest BCUT2D eigenvalue weighted by molar-refractivity contribution is -0.128. The van der Waals surface area contributed by atoms with Crippen LogP contribution in [-0.2, 0) is 9.59 Å². The maximum atomic E-state index is 13.9. The number of hydrogen-bond donors (Lipinski definition) is 2. The Bertz CT molecular complexity index is 552. The van der Waals surface area contributed by atoms with Gasteiger partial charge in [-0.25, -0.2) is 4.39 Å². The van der Waals surface area contributed by atoms with Gasteiger partial charge in [-0.15, -0.1) is 0 Å². The van der Waals surface area contributed by atoms with E-state index >= 15 is 0 Å². The molecule has 1 aromatic rings. The second-order valence-corrected chi connectivity index (χ2v) is 5.68. The van der Waals surface area contributed by atoms with E-state index in [2.05, 4.69) is 21.2 Å². The van der Waals surface area contributed by atoms with Gasteiger partial charge in [0.05, 0.1) is 6.04 Å². The van der Waals surface area contributed by atoms with Gasteiger partial charge in [0.2, 0.25) is 11.8 Å². The summed E-state index contributed by atoms with van der Waals surface area (Å²) in [5, 5.41) is 2.85. The average molecular weight is 344 g/mol. The highest BCUT2D eigenvalue weighted by atomic mass is 79.9. The lowest BCUT2D eigenvalue weighted by Crippen LogP contribution is -2.44. The molecule has 1 fully saturated rings. The Balaban J connectivity index is 2.24. The summed E-state index contributed by atoms with van der Waals surface area (Å²) >= 11 is 3.15. The Morgan fingerprint density at radius 3 is 2.80 bits per heavy atom. The first-order valence-corrected chi connectivity index (χ1v) is 6.94. The van der Waals surface area contributed by atoms with E-state index in [1.807, 2.05) is 0 Å². The summed E-state index contributed by atoms with van der Waals surface area (Å²) in [6, 6.07) is 2.82. The van der Waals surface area contributed by atoms with Gasteiger partial charge in [-0.1, -0.05) is 22.0 Å². The van der Waals surface area contributed by atoms with E-state index in [-0.39, 0.29) is 11.5 Å². The summed E-state index contributed by atoms with van der Waals surface area (Å²) in [7, 11) is 1.68. The summed E-state index contributed by atoms with van der Waals surface area (Å²) < 4.78 is 14.5. The predicted molar refractivity (Wildman–Crippen MR) is 75.2 cm³/mol. The smallest absolute Gasteiger partial charge is 0.239 e. The van der Waals surface area contributed by atoms with Gasteiger partial charge in [0, 0.05) is 23.6 Å². The molecule has 108 valence electrons. The average Bonchev–Trinajstić information content (AvgIpc) is 2.68. The first-order valence-electron chi connectivity index (χ1n) is 6.15. The number of nitrogens with one attached hydrogen (secondary N) is 1. The molecule has 1 aromatic carbocycles. The predicted octanol–water partition coefficient (Wildman–Crippen LogP) is 0.935. The summed E-state index contributed by atoms with van der Waals surface area (Å²) in [6.07, 6.45) is 0.567. The lowest BCUT2D eigenvalue weighted by atomic mass is 10.0. The maximum absolute atomic E-state index is 13.9. The van der Waals surface area contributed by atoms with Crippen LogP contribution in [0.25, 0.3) is 0 Å². The van der Waals surface area contributed by atoms with Crippen LogP contribution in [0.3, 0.4) is 0 Å². The number of primary amides is 1. The highest BCUT2D eigenvalue weighted by molar-refractivity contribution is 9.10. The van der Waals surface area contributed by atoms with Crippen molar-refractivity contribution in [3.05, 3.63) is 34.1 Å². The van der Waals surface area contributed by atoms with Crippen molar-refractivity contribution >= 4 is 27.7 Å². The van der Waals surface area contributed by atoms with Crippen LogP contribution < -0.4 is 11.1 Å². The van der Waals surface area contributed by atoms with E-state index in [0.29, 0.717) is 17.4 Å². The second kappa shape index (κ2) is 5.88. The van der Waals surface area contributed by atoms with Gasteiger partial charge in [-0.3, -0.25) is 14.9 Å².